The van der Waals surface area contributed by atoms with Gasteiger partial charge in [0.1, 0.15) is 18.0 Å². The standard InChI is InChI=1S/C29H34N2O6Si/c1-8-29(35)13-24(33)36-15-20-21(29)12-23-25-19(14-31(23)27(20)34)26(38(6,7)28(3,4)5)18-11-17(37-16(2)32)9-10-22(18)30-25/h9-12,35H,8,13-15H2,1-7H3. The smallest absolute Gasteiger partial charge is 0.309 e. The Morgan fingerprint density at radius 1 is 1.21 bits per heavy atom. The lowest BCUT2D eigenvalue weighted by molar-refractivity contribution is -0.149. The maximum atomic E-state index is 13.9. The van der Waals surface area contributed by atoms with Gasteiger partial charge in [0.05, 0.1) is 43.5 Å². The van der Waals surface area contributed by atoms with E-state index in [0.717, 1.165) is 16.5 Å². The molecule has 0 bridgehead atoms. The van der Waals surface area contributed by atoms with Crippen molar-refractivity contribution in [2.45, 2.75) is 84.3 Å². The molecule has 38 heavy (non-hydrogen) atoms. The van der Waals surface area contributed by atoms with Crippen molar-refractivity contribution in [2.24, 2.45) is 0 Å². The monoisotopic (exact) mass is 534 g/mol. The van der Waals surface area contributed by atoms with Crippen LogP contribution in [0.15, 0.2) is 29.1 Å². The van der Waals surface area contributed by atoms with Gasteiger partial charge < -0.3 is 19.1 Å². The summed E-state index contributed by atoms with van der Waals surface area (Å²) in [4.78, 5) is 42.8. The molecule has 0 aliphatic carbocycles. The van der Waals surface area contributed by atoms with Gasteiger partial charge in [-0.15, -0.1) is 0 Å². The molecular weight excluding hydrogens is 500 g/mol. The van der Waals surface area contributed by atoms with Crippen LogP contribution in [0, 0.1) is 0 Å². The molecule has 5 rings (SSSR count). The molecule has 0 fully saturated rings. The van der Waals surface area contributed by atoms with E-state index >= 15 is 0 Å². The molecule has 9 heteroatoms. The molecule has 0 saturated heterocycles. The number of rotatable bonds is 3. The molecule has 3 aromatic rings. The Morgan fingerprint density at radius 2 is 1.92 bits per heavy atom. The first-order chi connectivity index (χ1) is 17.7. The largest absolute Gasteiger partial charge is 0.460 e. The van der Waals surface area contributed by atoms with Gasteiger partial charge in [0.25, 0.3) is 5.56 Å². The lowest BCUT2D eigenvalue weighted by Gasteiger charge is -2.39. The van der Waals surface area contributed by atoms with E-state index in [1.165, 1.54) is 12.1 Å². The lowest BCUT2D eigenvalue weighted by Crippen LogP contribution is -2.51. The first-order valence-electron chi connectivity index (χ1n) is 13.0. The molecule has 0 saturated carbocycles. The summed E-state index contributed by atoms with van der Waals surface area (Å²) >= 11 is 0. The molecule has 4 heterocycles. The molecule has 1 N–H and O–H groups in total. The number of cyclic esters (lactones) is 1. The van der Waals surface area contributed by atoms with Gasteiger partial charge in [0.15, 0.2) is 0 Å². The van der Waals surface area contributed by atoms with Crippen molar-refractivity contribution in [3.8, 4) is 17.1 Å². The summed E-state index contributed by atoms with van der Waals surface area (Å²) in [7, 11) is -2.22. The highest BCUT2D eigenvalue weighted by molar-refractivity contribution is 6.94. The summed E-state index contributed by atoms with van der Waals surface area (Å²) in [6, 6.07) is 7.30. The van der Waals surface area contributed by atoms with E-state index in [2.05, 4.69) is 33.9 Å². The predicted octanol–water partition coefficient (Wildman–Crippen LogP) is 4.11. The van der Waals surface area contributed by atoms with Gasteiger partial charge in [-0.1, -0.05) is 40.8 Å². The highest BCUT2D eigenvalue weighted by Crippen LogP contribution is 2.43. The number of benzene rings is 1. The Hall–Kier alpha value is -3.30. The number of hydrogen-bond acceptors (Lipinski definition) is 7. The third-order valence-electron chi connectivity index (χ3n) is 8.68. The van der Waals surface area contributed by atoms with Crippen LogP contribution in [-0.2, 0) is 33.1 Å². The number of fused-ring (bicyclic) bond motifs is 5. The van der Waals surface area contributed by atoms with Crippen molar-refractivity contribution in [1.82, 2.24) is 9.55 Å². The lowest BCUT2D eigenvalue weighted by atomic mass is 9.85. The second-order valence-corrected chi connectivity index (χ2v) is 17.2. The molecular formula is C29H34N2O6Si. The van der Waals surface area contributed by atoms with E-state index < -0.39 is 25.6 Å². The van der Waals surface area contributed by atoms with Crippen molar-refractivity contribution in [3.63, 3.8) is 0 Å². The van der Waals surface area contributed by atoms with Crippen molar-refractivity contribution >= 4 is 36.1 Å². The van der Waals surface area contributed by atoms with Gasteiger partial charge in [0, 0.05) is 12.3 Å². The molecule has 1 atom stereocenters. The van der Waals surface area contributed by atoms with E-state index in [9.17, 15) is 19.5 Å². The molecule has 0 spiro atoms. The quantitative estimate of drug-likeness (QED) is 0.239. The van der Waals surface area contributed by atoms with E-state index in [1.807, 2.05) is 18.2 Å². The number of nitrogens with zero attached hydrogens (tertiary/aromatic N) is 2. The van der Waals surface area contributed by atoms with Gasteiger partial charge in [-0.05, 0) is 52.0 Å². The first-order valence-corrected chi connectivity index (χ1v) is 16.0. The Morgan fingerprint density at radius 3 is 2.55 bits per heavy atom. The normalized spacial score (nSPS) is 18.9. The van der Waals surface area contributed by atoms with Gasteiger partial charge in [-0.3, -0.25) is 14.4 Å². The van der Waals surface area contributed by atoms with Gasteiger partial charge >= 0.3 is 11.9 Å². The van der Waals surface area contributed by atoms with Crippen molar-refractivity contribution in [2.75, 3.05) is 0 Å². The van der Waals surface area contributed by atoms with Crippen molar-refractivity contribution in [3.05, 3.63) is 51.3 Å². The Balaban J connectivity index is 1.84. The number of ether oxygens (including phenoxy) is 2. The van der Waals surface area contributed by atoms with E-state index in [0.29, 0.717) is 34.8 Å². The van der Waals surface area contributed by atoms with Crippen molar-refractivity contribution in [1.29, 1.82) is 0 Å². The number of aromatic nitrogens is 2. The summed E-state index contributed by atoms with van der Waals surface area (Å²) in [5.74, 6) is -0.457. The predicted molar refractivity (Wildman–Crippen MR) is 147 cm³/mol. The molecule has 0 amide bonds. The van der Waals surface area contributed by atoms with Crippen LogP contribution in [0.1, 0.15) is 64.2 Å². The van der Waals surface area contributed by atoms with Crippen LogP contribution in [-0.4, -0.2) is 34.7 Å². The highest BCUT2D eigenvalue weighted by Gasteiger charge is 2.44. The van der Waals surface area contributed by atoms with Crippen LogP contribution >= 0.6 is 0 Å². The zero-order chi connectivity index (χ0) is 27.8. The molecule has 2 aliphatic rings. The summed E-state index contributed by atoms with van der Waals surface area (Å²) in [6.07, 6.45) is 0.0652. The highest BCUT2D eigenvalue weighted by atomic mass is 28.3. The maximum Gasteiger partial charge on any atom is 0.309 e. The first kappa shape index (κ1) is 26.3. The van der Waals surface area contributed by atoms with Gasteiger partial charge in [-0.25, -0.2) is 4.98 Å². The second-order valence-electron chi connectivity index (χ2n) is 12.0. The van der Waals surface area contributed by atoms with Crippen molar-refractivity contribution < 1.29 is 24.2 Å². The summed E-state index contributed by atoms with van der Waals surface area (Å²) in [6.45, 7) is 14.7. The zero-order valence-electron chi connectivity index (χ0n) is 23.0. The number of aliphatic hydroxyl groups is 1. The van der Waals surface area contributed by atoms with Crippen LogP contribution in [0.5, 0.6) is 5.75 Å². The minimum absolute atomic E-state index is 0.0277. The number of carbonyl (C=O) groups excluding carboxylic acids is 2. The summed E-state index contributed by atoms with van der Waals surface area (Å²) < 4.78 is 12.4. The topological polar surface area (TPSA) is 108 Å². The molecule has 0 radical (unpaired) electrons. The average molecular weight is 535 g/mol. The number of hydrogen-bond donors (Lipinski definition) is 1. The number of esters is 2. The van der Waals surface area contributed by atoms with Crippen LogP contribution in [0.2, 0.25) is 18.1 Å². The molecule has 2 aromatic heterocycles. The van der Waals surface area contributed by atoms with E-state index in [1.54, 1.807) is 17.6 Å². The Bertz CT molecular complexity index is 1580. The van der Waals surface area contributed by atoms with E-state index in [-0.39, 0.29) is 30.0 Å². The summed E-state index contributed by atoms with van der Waals surface area (Å²) in [5.41, 5.74) is 2.07. The van der Waals surface area contributed by atoms with E-state index in [4.69, 9.17) is 14.5 Å². The van der Waals surface area contributed by atoms with Gasteiger partial charge in [0.2, 0.25) is 0 Å². The molecule has 1 aromatic carbocycles. The average Bonchev–Trinajstić information content (AvgIpc) is 3.12. The van der Waals surface area contributed by atoms with Crippen LogP contribution in [0.25, 0.3) is 22.3 Å². The zero-order valence-corrected chi connectivity index (χ0v) is 24.0. The SMILES string of the molecule is CCC1(O)CC(=O)OCc2c1cc1n(c2=O)Cc2c-1nc1ccc(OC(C)=O)cc1c2[Si](C)(C)C(C)(C)C. The third kappa shape index (κ3) is 3.91. The summed E-state index contributed by atoms with van der Waals surface area (Å²) in [5, 5.41) is 13.5. The van der Waals surface area contributed by atoms with Crippen LogP contribution in [0.3, 0.4) is 0 Å². The third-order valence-corrected chi connectivity index (χ3v) is 14.2. The number of carbonyl (C=O) groups is 2. The molecule has 8 nitrogen and oxygen atoms in total. The minimum Gasteiger partial charge on any atom is -0.460 e. The second kappa shape index (κ2) is 8.61. The fourth-order valence-corrected chi connectivity index (χ4v) is 8.15. The Labute approximate surface area is 222 Å². The minimum atomic E-state index is -2.22. The van der Waals surface area contributed by atoms with Crippen LogP contribution < -0.4 is 15.5 Å². The van der Waals surface area contributed by atoms with Crippen LogP contribution in [0.4, 0.5) is 0 Å². The van der Waals surface area contributed by atoms with Gasteiger partial charge in [-0.2, -0.15) is 0 Å². The Kier molecular flexibility index (Phi) is 5.96. The molecule has 1 unspecified atom stereocenters. The maximum absolute atomic E-state index is 13.9. The fraction of sp³-hybridized carbons (Fsp3) is 0.448. The number of pyridine rings is 2. The molecule has 2 aliphatic heterocycles. The molecule has 200 valence electrons. The fourth-order valence-electron chi connectivity index (χ4n) is 5.57.